The van der Waals surface area contributed by atoms with Crippen LogP contribution >= 0.6 is 0 Å². The summed E-state index contributed by atoms with van der Waals surface area (Å²) in [5, 5.41) is 5.57. The Morgan fingerprint density at radius 2 is 1.54 bits per heavy atom. The first kappa shape index (κ1) is 14.6. The van der Waals surface area contributed by atoms with Gasteiger partial charge in [-0.3, -0.25) is 4.68 Å². The number of fused-ring (bicyclic) bond motifs is 1. The maximum absolute atomic E-state index is 4.91. The van der Waals surface area contributed by atoms with Crippen molar-refractivity contribution >= 4 is 11.0 Å². The molecule has 0 aliphatic rings. The third kappa shape index (κ3) is 2.27. The number of hydrogen-bond acceptors (Lipinski definition) is 3. The van der Waals surface area contributed by atoms with Gasteiger partial charge in [0.2, 0.25) is 0 Å². The van der Waals surface area contributed by atoms with Crippen molar-refractivity contribution in [2.45, 2.75) is 13.8 Å². The molecule has 0 spiro atoms. The Morgan fingerprint density at radius 3 is 2.29 bits per heavy atom. The van der Waals surface area contributed by atoms with E-state index < -0.39 is 0 Å². The van der Waals surface area contributed by atoms with Crippen LogP contribution < -0.4 is 0 Å². The van der Waals surface area contributed by atoms with Crippen LogP contribution in [0.25, 0.3) is 33.7 Å². The van der Waals surface area contributed by atoms with Gasteiger partial charge >= 0.3 is 0 Å². The van der Waals surface area contributed by atoms with E-state index in [0.717, 1.165) is 39.4 Å². The maximum Gasteiger partial charge on any atom is 0.162 e. The smallest absolute Gasteiger partial charge is 0.162 e. The first-order chi connectivity index (χ1) is 11.6. The van der Waals surface area contributed by atoms with Crippen molar-refractivity contribution in [2.24, 2.45) is 7.05 Å². The summed E-state index contributed by atoms with van der Waals surface area (Å²) in [6.07, 6.45) is 0. The van der Waals surface area contributed by atoms with Gasteiger partial charge in [0.05, 0.1) is 16.8 Å². The Bertz CT molecular complexity index is 1030. The van der Waals surface area contributed by atoms with Gasteiger partial charge in [-0.1, -0.05) is 54.6 Å². The summed E-state index contributed by atoms with van der Waals surface area (Å²) in [5.41, 5.74) is 6.08. The van der Waals surface area contributed by atoms with Crippen LogP contribution in [0.4, 0.5) is 0 Å². The average molecular weight is 314 g/mol. The van der Waals surface area contributed by atoms with E-state index in [1.165, 1.54) is 5.56 Å². The molecular weight excluding hydrogens is 296 g/mol. The zero-order chi connectivity index (χ0) is 16.7. The molecule has 0 aliphatic carbocycles. The van der Waals surface area contributed by atoms with E-state index >= 15 is 0 Å². The second kappa shape index (κ2) is 5.57. The number of rotatable bonds is 2. The fourth-order valence-electron chi connectivity index (χ4n) is 3.09. The average Bonchev–Trinajstić information content (AvgIpc) is 2.90. The van der Waals surface area contributed by atoms with Crippen molar-refractivity contribution in [2.75, 3.05) is 0 Å². The molecule has 4 rings (SSSR count). The predicted molar refractivity (Wildman–Crippen MR) is 96.7 cm³/mol. The lowest BCUT2D eigenvalue weighted by Crippen LogP contribution is -1.98. The Labute approximate surface area is 140 Å². The number of hydrogen-bond donors (Lipinski definition) is 0. The summed E-state index contributed by atoms with van der Waals surface area (Å²) >= 11 is 0. The lowest BCUT2D eigenvalue weighted by molar-refractivity contribution is 0.773. The normalized spacial score (nSPS) is 11.1. The van der Waals surface area contributed by atoms with Crippen molar-refractivity contribution in [1.82, 2.24) is 19.7 Å². The number of aryl methyl sites for hydroxylation is 3. The van der Waals surface area contributed by atoms with Crippen molar-refractivity contribution in [3.8, 4) is 22.6 Å². The highest BCUT2D eigenvalue weighted by molar-refractivity contribution is 5.94. The molecule has 4 aromatic rings. The van der Waals surface area contributed by atoms with Crippen molar-refractivity contribution in [1.29, 1.82) is 0 Å². The second-order valence-corrected chi connectivity index (χ2v) is 5.98. The Kier molecular flexibility index (Phi) is 3.38. The highest BCUT2D eigenvalue weighted by atomic mass is 15.3. The van der Waals surface area contributed by atoms with Gasteiger partial charge < -0.3 is 0 Å². The fraction of sp³-hybridized carbons (Fsp3) is 0.150. The van der Waals surface area contributed by atoms with Gasteiger partial charge in [0.25, 0.3) is 0 Å². The van der Waals surface area contributed by atoms with Crippen LogP contribution in [-0.2, 0) is 7.05 Å². The molecule has 0 N–H and O–H groups in total. The molecule has 0 amide bonds. The minimum absolute atomic E-state index is 0.726. The minimum atomic E-state index is 0.726. The molecule has 0 radical (unpaired) electrons. The van der Waals surface area contributed by atoms with E-state index in [9.17, 15) is 0 Å². The topological polar surface area (TPSA) is 43.6 Å². The molecule has 4 nitrogen and oxygen atoms in total. The van der Waals surface area contributed by atoms with Gasteiger partial charge in [-0.15, -0.1) is 0 Å². The molecule has 118 valence electrons. The third-order valence-corrected chi connectivity index (χ3v) is 4.29. The number of benzene rings is 2. The first-order valence-electron chi connectivity index (χ1n) is 7.98. The number of aromatic nitrogens is 4. The summed E-state index contributed by atoms with van der Waals surface area (Å²) < 4.78 is 1.83. The van der Waals surface area contributed by atoms with Gasteiger partial charge in [-0.2, -0.15) is 5.10 Å². The van der Waals surface area contributed by atoms with Crippen LogP contribution in [0.1, 0.15) is 11.3 Å². The van der Waals surface area contributed by atoms with Gasteiger partial charge in [0.15, 0.2) is 11.5 Å². The lowest BCUT2D eigenvalue weighted by Gasteiger charge is -2.09. The molecule has 0 aliphatic heterocycles. The third-order valence-electron chi connectivity index (χ3n) is 4.29. The molecule has 24 heavy (non-hydrogen) atoms. The molecule has 0 unspecified atom stereocenters. The van der Waals surface area contributed by atoms with E-state index in [2.05, 4.69) is 24.2 Å². The molecular formula is C20H18N4. The van der Waals surface area contributed by atoms with Crippen LogP contribution in [0.15, 0.2) is 54.6 Å². The quantitative estimate of drug-likeness (QED) is 0.553. The Morgan fingerprint density at radius 1 is 0.833 bits per heavy atom. The molecule has 0 atom stereocenters. The second-order valence-electron chi connectivity index (χ2n) is 5.98. The van der Waals surface area contributed by atoms with Crippen LogP contribution in [-0.4, -0.2) is 19.7 Å². The Hall–Kier alpha value is -3.01. The molecule has 0 saturated heterocycles. The largest absolute Gasteiger partial charge is 0.250 e. The Balaban J connectivity index is 2.09. The SMILES string of the molecule is Cc1ccccc1-c1nc(-c2ccccc2)nc2c1c(C)nn2C. The minimum Gasteiger partial charge on any atom is -0.250 e. The zero-order valence-electron chi connectivity index (χ0n) is 14.0. The summed E-state index contributed by atoms with van der Waals surface area (Å²) in [5.74, 6) is 0.726. The molecule has 2 aromatic carbocycles. The van der Waals surface area contributed by atoms with E-state index in [0.29, 0.717) is 0 Å². The molecule has 2 heterocycles. The lowest BCUT2D eigenvalue weighted by atomic mass is 10.0. The van der Waals surface area contributed by atoms with Crippen molar-refractivity contribution < 1.29 is 0 Å². The summed E-state index contributed by atoms with van der Waals surface area (Å²) in [6, 6.07) is 18.4. The van der Waals surface area contributed by atoms with E-state index in [4.69, 9.17) is 9.97 Å². The summed E-state index contributed by atoms with van der Waals surface area (Å²) in [6.45, 7) is 4.12. The van der Waals surface area contributed by atoms with Gasteiger partial charge in [-0.25, -0.2) is 9.97 Å². The monoisotopic (exact) mass is 314 g/mol. The molecule has 0 bridgehead atoms. The van der Waals surface area contributed by atoms with Crippen molar-refractivity contribution in [3.63, 3.8) is 0 Å². The van der Waals surface area contributed by atoms with Gasteiger partial charge in [-0.05, 0) is 19.4 Å². The molecule has 0 saturated carbocycles. The van der Waals surface area contributed by atoms with E-state index in [1.54, 1.807) is 0 Å². The van der Waals surface area contributed by atoms with Crippen molar-refractivity contribution in [3.05, 3.63) is 65.9 Å². The summed E-state index contributed by atoms with van der Waals surface area (Å²) in [7, 11) is 1.93. The van der Waals surface area contributed by atoms with Crippen LogP contribution in [0.3, 0.4) is 0 Å². The molecule has 0 fully saturated rings. The van der Waals surface area contributed by atoms with Crippen LogP contribution in [0, 0.1) is 13.8 Å². The van der Waals surface area contributed by atoms with E-state index in [1.807, 2.05) is 61.1 Å². The molecule has 2 aromatic heterocycles. The first-order valence-corrected chi connectivity index (χ1v) is 7.98. The molecule has 4 heteroatoms. The zero-order valence-corrected chi connectivity index (χ0v) is 14.0. The summed E-state index contributed by atoms with van der Waals surface area (Å²) in [4.78, 5) is 9.68. The highest BCUT2D eigenvalue weighted by Crippen LogP contribution is 2.32. The van der Waals surface area contributed by atoms with E-state index in [-0.39, 0.29) is 0 Å². The van der Waals surface area contributed by atoms with Crippen LogP contribution in [0.5, 0.6) is 0 Å². The van der Waals surface area contributed by atoms with Crippen LogP contribution in [0.2, 0.25) is 0 Å². The van der Waals surface area contributed by atoms with Gasteiger partial charge in [0, 0.05) is 18.2 Å². The predicted octanol–water partition coefficient (Wildman–Crippen LogP) is 4.31. The highest BCUT2D eigenvalue weighted by Gasteiger charge is 2.18. The maximum atomic E-state index is 4.91. The van der Waals surface area contributed by atoms with Gasteiger partial charge in [0.1, 0.15) is 0 Å². The standard InChI is InChI=1S/C20H18N4/c1-13-9-7-8-12-16(13)18-17-14(2)23-24(3)20(17)22-19(21-18)15-10-5-4-6-11-15/h4-12H,1-3H3. The number of nitrogens with zero attached hydrogens (tertiary/aromatic N) is 4. The fourth-order valence-corrected chi connectivity index (χ4v) is 3.09.